The molecule has 2 aliphatic rings. The fourth-order valence-electron chi connectivity index (χ4n) is 4.77. The van der Waals surface area contributed by atoms with Gasteiger partial charge in [0.1, 0.15) is 0 Å². The minimum Gasteiger partial charge on any atom is -0.493 e. The number of aliphatic hydroxyl groups is 1. The number of ether oxygens (including phenoxy) is 2. The lowest BCUT2D eigenvalue weighted by Gasteiger charge is -2.44. The van der Waals surface area contributed by atoms with Gasteiger partial charge in [-0.3, -0.25) is 9.80 Å². The molecule has 0 bridgehead atoms. The third kappa shape index (κ3) is 4.74. The Morgan fingerprint density at radius 3 is 2.59 bits per heavy atom. The van der Waals surface area contributed by atoms with Crippen LogP contribution in [-0.4, -0.2) is 66.4 Å². The first-order chi connectivity index (χ1) is 14.2. The lowest BCUT2D eigenvalue weighted by molar-refractivity contribution is 0.0444. The Kier molecular flexibility index (Phi) is 6.38. The van der Waals surface area contributed by atoms with Gasteiger partial charge in [-0.15, -0.1) is 0 Å². The molecule has 0 radical (unpaired) electrons. The quantitative estimate of drug-likeness (QED) is 0.780. The van der Waals surface area contributed by atoms with Crippen molar-refractivity contribution in [2.24, 2.45) is 0 Å². The molecule has 29 heavy (non-hydrogen) atoms. The van der Waals surface area contributed by atoms with Gasteiger partial charge in [-0.25, -0.2) is 0 Å². The Morgan fingerprint density at radius 2 is 1.83 bits per heavy atom. The van der Waals surface area contributed by atoms with Gasteiger partial charge in [-0.2, -0.15) is 0 Å². The van der Waals surface area contributed by atoms with Crippen LogP contribution in [0.15, 0.2) is 48.5 Å². The predicted octanol–water partition coefficient (Wildman–Crippen LogP) is 2.96. The molecule has 0 unspecified atom stereocenters. The highest BCUT2D eigenvalue weighted by atomic mass is 16.5. The fourth-order valence-corrected chi connectivity index (χ4v) is 4.77. The maximum atomic E-state index is 10.2. The third-order valence-electron chi connectivity index (χ3n) is 6.14. The van der Waals surface area contributed by atoms with Gasteiger partial charge in [0.15, 0.2) is 11.5 Å². The molecule has 5 nitrogen and oxygen atoms in total. The first kappa shape index (κ1) is 20.2. The number of fused-ring (bicyclic) bond motifs is 1. The largest absolute Gasteiger partial charge is 0.493 e. The molecule has 4 rings (SSSR count). The maximum absolute atomic E-state index is 10.2. The van der Waals surface area contributed by atoms with E-state index in [4.69, 9.17) is 9.47 Å². The molecule has 5 heteroatoms. The topological polar surface area (TPSA) is 45.2 Å². The van der Waals surface area contributed by atoms with Gasteiger partial charge < -0.3 is 14.6 Å². The highest BCUT2D eigenvalue weighted by Gasteiger charge is 2.39. The average Bonchev–Trinajstić information content (AvgIpc) is 3.08. The molecule has 2 heterocycles. The molecule has 0 amide bonds. The number of methoxy groups -OCH3 is 1. The second-order valence-corrected chi connectivity index (χ2v) is 8.19. The van der Waals surface area contributed by atoms with Crippen LogP contribution in [-0.2, 0) is 13.0 Å². The Bertz CT molecular complexity index is 798. The van der Waals surface area contributed by atoms with Crippen molar-refractivity contribution in [3.05, 3.63) is 59.7 Å². The summed E-state index contributed by atoms with van der Waals surface area (Å²) >= 11 is 0. The minimum atomic E-state index is -0.192. The molecule has 0 aliphatic carbocycles. The summed E-state index contributed by atoms with van der Waals surface area (Å²) < 4.78 is 11.2. The normalized spacial score (nSPS) is 25.0. The van der Waals surface area contributed by atoms with E-state index in [0.29, 0.717) is 18.7 Å². The SMILES string of the molecule is CCOc1cc(CN2C[C@@H]3C[C@@H](O)CN3C[C@@H]2Cc2ccccc2)ccc1OC. The first-order valence-electron chi connectivity index (χ1n) is 10.7. The average molecular weight is 397 g/mol. The number of nitrogens with zero attached hydrogens (tertiary/aromatic N) is 2. The van der Waals surface area contributed by atoms with Gasteiger partial charge in [-0.1, -0.05) is 36.4 Å². The van der Waals surface area contributed by atoms with Crippen molar-refractivity contribution in [3.8, 4) is 11.5 Å². The second kappa shape index (κ2) is 9.16. The molecular weight excluding hydrogens is 364 g/mol. The van der Waals surface area contributed by atoms with Gasteiger partial charge in [0, 0.05) is 38.3 Å². The Morgan fingerprint density at radius 1 is 1.00 bits per heavy atom. The Balaban J connectivity index is 1.54. The van der Waals surface area contributed by atoms with Crippen LogP contribution in [0, 0.1) is 0 Å². The van der Waals surface area contributed by atoms with E-state index in [1.165, 1.54) is 11.1 Å². The molecule has 156 valence electrons. The lowest BCUT2D eigenvalue weighted by atomic mass is 9.99. The number of benzene rings is 2. The molecule has 2 fully saturated rings. The van der Waals surface area contributed by atoms with Crippen LogP contribution in [0.1, 0.15) is 24.5 Å². The molecule has 2 aromatic carbocycles. The van der Waals surface area contributed by atoms with Crippen molar-refractivity contribution in [1.82, 2.24) is 9.80 Å². The number of aliphatic hydroxyl groups excluding tert-OH is 1. The molecular formula is C24H32N2O3. The fraction of sp³-hybridized carbons (Fsp3) is 0.500. The van der Waals surface area contributed by atoms with Crippen molar-refractivity contribution in [3.63, 3.8) is 0 Å². The summed E-state index contributed by atoms with van der Waals surface area (Å²) in [5.74, 6) is 1.59. The summed E-state index contributed by atoms with van der Waals surface area (Å²) in [6, 6.07) is 17.8. The van der Waals surface area contributed by atoms with Crippen LogP contribution < -0.4 is 9.47 Å². The molecule has 0 aromatic heterocycles. The Hall–Kier alpha value is -2.08. The van der Waals surface area contributed by atoms with Crippen molar-refractivity contribution in [2.45, 2.75) is 44.5 Å². The summed E-state index contributed by atoms with van der Waals surface area (Å²) in [5.41, 5.74) is 2.60. The van der Waals surface area contributed by atoms with E-state index < -0.39 is 0 Å². The molecule has 2 aromatic rings. The van der Waals surface area contributed by atoms with E-state index in [2.05, 4.69) is 52.3 Å². The molecule has 2 aliphatic heterocycles. The number of rotatable bonds is 7. The monoisotopic (exact) mass is 396 g/mol. The zero-order chi connectivity index (χ0) is 20.2. The minimum absolute atomic E-state index is 0.192. The van der Waals surface area contributed by atoms with Gasteiger partial charge in [0.2, 0.25) is 0 Å². The van der Waals surface area contributed by atoms with Crippen LogP contribution in [0.3, 0.4) is 0 Å². The van der Waals surface area contributed by atoms with Gasteiger partial charge in [0.05, 0.1) is 19.8 Å². The third-order valence-corrected chi connectivity index (χ3v) is 6.14. The molecule has 0 spiro atoms. The zero-order valence-corrected chi connectivity index (χ0v) is 17.5. The van der Waals surface area contributed by atoms with Crippen molar-refractivity contribution >= 4 is 0 Å². The van der Waals surface area contributed by atoms with E-state index in [-0.39, 0.29) is 6.10 Å². The first-order valence-corrected chi connectivity index (χ1v) is 10.7. The van der Waals surface area contributed by atoms with Crippen LogP contribution in [0.4, 0.5) is 0 Å². The molecule has 1 N–H and O–H groups in total. The Labute approximate surface area is 173 Å². The van der Waals surface area contributed by atoms with Crippen LogP contribution >= 0.6 is 0 Å². The number of hydrogen-bond acceptors (Lipinski definition) is 5. The summed E-state index contributed by atoms with van der Waals surface area (Å²) in [6.07, 6.45) is 1.71. The van der Waals surface area contributed by atoms with Gasteiger partial charge >= 0.3 is 0 Å². The highest BCUT2D eigenvalue weighted by Crippen LogP contribution is 2.31. The van der Waals surface area contributed by atoms with Crippen LogP contribution in [0.25, 0.3) is 0 Å². The van der Waals surface area contributed by atoms with Gasteiger partial charge in [-0.05, 0) is 43.0 Å². The van der Waals surface area contributed by atoms with E-state index in [9.17, 15) is 5.11 Å². The maximum Gasteiger partial charge on any atom is 0.161 e. The molecule has 2 saturated heterocycles. The zero-order valence-electron chi connectivity index (χ0n) is 17.5. The number of piperazine rings is 1. The predicted molar refractivity (Wildman–Crippen MR) is 114 cm³/mol. The van der Waals surface area contributed by atoms with Crippen molar-refractivity contribution < 1.29 is 14.6 Å². The van der Waals surface area contributed by atoms with E-state index in [1.54, 1.807) is 7.11 Å². The standard InChI is InChI=1S/C24H32N2O3/c1-3-29-24-12-19(9-10-23(24)28-2)14-25-16-21-13-22(27)17-26(21)15-20(25)11-18-7-5-4-6-8-18/h4-10,12,20-22,27H,3,11,13-17H2,1-2H3/t20-,21-,22+/m0/s1. The van der Waals surface area contributed by atoms with Gasteiger partial charge in [0.25, 0.3) is 0 Å². The van der Waals surface area contributed by atoms with Crippen molar-refractivity contribution in [1.29, 1.82) is 0 Å². The van der Waals surface area contributed by atoms with Crippen LogP contribution in [0.2, 0.25) is 0 Å². The summed E-state index contributed by atoms with van der Waals surface area (Å²) in [7, 11) is 1.68. The smallest absolute Gasteiger partial charge is 0.161 e. The molecule has 0 saturated carbocycles. The second-order valence-electron chi connectivity index (χ2n) is 8.19. The lowest BCUT2D eigenvalue weighted by Crippen LogP contribution is -2.56. The number of hydrogen-bond donors (Lipinski definition) is 1. The molecule has 3 atom stereocenters. The van der Waals surface area contributed by atoms with Crippen LogP contribution in [0.5, 0.6) is 11.5 Å². The van der Waals surface area contributed by atoms with Crippen molar-refractivity contribution in [2.75, 3.05) is 33.4 Å². The van der Waals surface area contributed by atoms with E-state index in [0.717, 1.165) is 50.5 Å². The summed E-state index contributed by atoms with van der Waals surface area (Å²) in [6.45, 7) is 6.29. The summed E-state index contributed by atoms with van der Waals surface area (Å²) in [4.78, 5) is 5.07. The van der Waals surface area contributed by atoms with E-state index in [1.807, 2.05) is 13.0 Å². The highest BCUT2D eigenvalue weighted by molar-refractivity contribution is 5.43. The van der Waals surface area contributed by atoms with E-state index >= 15 is 0 Å². The summed E-state index contributed by atoms with van der Waals surface area (Å²) in [5, 5.41) is 10.2.